The third-order valence-electron chi connectivity index (χ3n) is 2.47. The molecule has 18 heavy (non-hydrogen) atoms. The molecule has 1 aromatic rings. The maximum absolute atomic E-state index is 12.6. The Hall–Kier alpha value is -1.92. The fraction of sp³-hybridized carbons (Fsp3) is 0.364. The van der Waals surface area contributed by atoms with E-state index in [9.17, 15) is 18.0 Å². The zero-order valence-electron chi connectivity index (χ0n) is 9.84. The van der Waals surface area contributed by atoms with Crippen molar-refractivity contribution in [2.24, 2.45) is 5.73 Å². The molecule has 0 saturated heterocycles. The van der Waals surface area contributed by atoms with Crippen LogP contribution in [0, 0.1) is 0 Å². The Balaban J connectivity index is 3.13. The number of nitrogens with two attached hydrogens (primary N) is 1. The van der Waals surface area contributed by atoms with Gasteiger partial charge in [-0.05, 0) is 24.6 Å². The monoisotopic (exact) mass is 262 g/mol. The maximum Gasteiger partial charge on any atom is 0.395 e. The van der Waals surface area contributed by atoms with E-state index in [0.29, 0.717) is 0 Å². The van der Waals surface area contributed by atoms with Crippen molar-refractivity contribution >= 4 is 11.7 Å². The van der Waals surface area contributed by atoms with Gasteiger partial charge in [-0.3, -0.25) is 0 Å². The number of alkyl halides is 3. The van der Waals surface area contributed by atoms with Gasteiger partial charge in [-0.1, -0.05) is 6.07 Å². The highest BCUT2D eigenvalue weighted by Crippen LogP contribution is 2.37. The number of halogens is 3. The third kappa shape index (κ3) is 3.28. The van der Waals surface area contributed by atoms with E-state index in [-0.39, 0.29) is 17.0 Å². The Bertz CT molecular complexity index is 446. The lowest BCUT2D eigenvalue weighted by Gasteiger charge is -2.18. The first kappa shape index (κ1) is 14.1. The first-order valence-corrected chi connectivity index (χ1v) is 5.06. The lowest BCUT2D eigenvalue weighted by atomic mass is 10.00. The number of carbonyl (C=O) groups excluding carboxylic acids is 1. The third-order valence-corrected chi connectivity index (χ3v) is 2.47. The van der Waals surface area contributed by atoms with Crippen LogP contribution in [0.5, 0.6) is 5.75 Å². The summed E-state index contributed by atoms with van der Waals surface area (Å²) in [4.78, 5) is 10.7. The molecule has 100 valence electrons. The molecule has 0 heterocycles. The number of rotatable bonds is 3. The second-order valence-electron chi connectivity index (χ2n) is 3.71. The number of nitrogens with one attached hydrogen (secondary N) is 1. The summed E-state index contributed by atoms with van der Waals surface area (Å²) >= 11 is 0. The second-order valence-corrected chi connectivity index (χ2v) is 3.71. The van der Waals surface area contributed by atoms with Gasteiger partial charge in [0, 0.05) is 0 Å². The van der Waals surface area contributed by atoms with Crippen LogP contribution in [0.3, 0.4) is 0 Å². The van der Waals surface area contributed by atoms with E-state index < -0.39 is 18.1 Å². The Labute approximate surface area is 102 Å². The van der Waals surface area contributed by atoms with Crippen LogP contribution in [0.15, 0.2) is 18.2 Å². The Morgan fingerprint density at radius 1 is 1.44 bits per heavy atom. The average molecular weight is 262 g/mol. The number of urea groups is 1. The summed E-state index contributed by atoms with van der Waals surface area (Å²) in [6.45, 7) is 1.04. The predicted octanol–water partition coefficient (Wildman–Crippen LogP) is 2.85. The van der Waals surface area contributed by atoms with Crippen LogP contribution in [-0.2, 0) is 0 Å². The van der Waals surface area contributed by atoms with E-state index in [1.54, 1.807) is 0 Å². The summed E-state index contributed by atoms with van der Waals surface area (Å²) in [6, 6.07) is 2.97. The van der Waals surface area contributed by atoms with Gasteiger partial charge in [0.05, 0.1) is 18.7 Å². The van der Waals surface area contributed by atoms with Gasteiger partial charge in [-0.25, -0.2) is 4.79 Å². The predicted molar refractivity (Wildman–Crippen MR) is 60.7 cm³/mol. The van der Waals surface area contributed by atoms with Crippen LogP contribution in [0.4, 0.5) is 23.7 Å². The lowest BCUT2D eigenvalue weighted by Crippen LogP contribution is -2.21. The summed E-state index contributed by atoms with van der Waals surface area (Å²) in [7, 11) is 1.34. The van der Waals surface area contributed by atoms with Gasteiger partial charge in [-0.2, -0.15) is 13.2 Å². The lowest BCUT2D eigenvalue weighted by molar-refractivity contribution is -0.146. The number of benzene rings is 1. The van der Waals surface area contributed by atoms with Gasteiger partial charge < -0.3 is 15.8 Å². The Morgan fingerprint density at radius 2 is 2.06 bits per heavy atom. The number of hydrogen-bond acceptors (Lipinski definition) is 2. The molecule has 0 aliphatic rings. The molecule has 1 aromatic carbocycles. The summed E-state index contributed by atoms with van der Waals surface area (Å²) in [5, 5.41) is 2.22. The minimum atomic E-state index is -4.35. The molecule has 1 atom stereocenters. The number of ether oxygens (including phenoxy) is 1. The standard InChI is InChI=1S/C11H13F3N2O2/c1-6(11(12,13)14)7-3-4-9(18-2)8(5-7)16-10(15)17/h3-6H,1-2H3,(H3,15,16,17). The van der Waals surface area contributed by atoms with Crippen molar-refractivity contribution in [1.29, 1.82) is 0 Å². The summed E-state index contributed by atoms with van der Waals surface area (Å²) in [5.41, 5.74) is 5.06. The highest BCUT2D eigenvalue weighted by Gasteiger charge is 2.37. The van der Waals surface area contributed by atoms with Crippen LogP contribution in [0.2, 0.25) is 0 Å². The molecule has 4 nitrogen and oxygen atoms in total. The molecule has 0 radical (unpaired) electrons. The Kier molecular flexibility index (Phi) is 4.05. The van der Waals surface area contributed by atoms with Gasteiger partial charge >= 0.3 is 12.2 Å². The minimum absolute atomic E-state index is 0.0204. The summed E-state index contributed by atoms with van der Waals surface area (Å²) < 4.78 is 42.6. The van der Waals surface area contributed by atoms with E-state index in [1.807, 2.05) is 0 Å². The molecule has 0 spiro atoms. The highest BCUT2D eigenvalue weighted by atomic mass is 19.4. The van der Waals surface area contributed by atoms with Gasteiger partial charge in [-0.15, -0.1) is 0 Å². The molecule has 3 N–H and O–H groups in total. The fourth-order valence-corrected chi connectivity index (χ4v) is 1.41. The molecule has 2 amide bonds. The van der Waals surface area contributed by atoms with E-state index in [4.69, 9.17) is 10.5 Å². The number of primary amides is 1. The van der Waals surface area contributed by atoms with Crippen molar-refractivity contribution in [2.45, 2.75) is 19.0 Å². The van der Waals surface area contributed by atoms with Crippen molar-refractivity contribution in [3.63, 3.8) is 0 Å². The quantitative estimate of drug-likeness (QED) is 0.879. The molecule has 0 aromatic heterocycles. The molecular weight excluding hydrogens is 249 g/mol. The topological polar surface area (TPSA) is 64.3 Å². The van der Waals surface area contributed by atoms with E-state index in [0.717, 1.165) is 6.92 Å². The second kappa shape index (κ2) is 5.16. The minimum Gasteiger partial charge on any atom is -0.495 e. The van der Waals surface area contributed by atoms with E-state index in [2.05, 4.69) is 5.32 Å². The number of amides is 2. The molecule has 0 aliphatic carbocycles. The molecule has 0 aliphatic heterocycles. The fourth-order valence-electron chi connectivity index (χ4n) is 1.41. The first-order chi connectivity index (χ1) is 8.25. The molecule has 1 rings (SSSR count). The number of anilines is 1. The van der Waals surface area contributed by atoms with Crippen molar-refractivity contribution in [2.75, 3.05) is 12.4 Å². The van der Waals surface area contributed by atoms with Crippen molar-refractivity contribution in [3.8, 4) is 5.75 Å². The zero-order valence-corrected chi connectivity index (χ0v) is 9.84. The van der Waals surface area contributed by atoms with Gasteiger partial charge in [0.2, 0.25) is 0 Å². The summed E-state index contributed by atoms with van der Waals surface area (Å²) in [5.74, 6) is -1.40. The van der Waals surface area contributed by atoms with Crippen LogP contribution in [0.25, 0.3) is 0 Å². The van der Waals surface area contributed by atoms with E-state index in [1.165, 1.54) is 25.3 Å². The molecule has 0 saturated carbocycles. The average Bonchev–Trinajstić information content (AvgIpc) is 2.26. The molecule has 0 fully saturated rings. The van der Waals surface area contributed by atoms with Crippen molar-refractivity contribution in [3.05, 3.63) is 23.8 Å². The summed E-state index contributed by atoms with van der Waals surface area (Å²) in [6.07, 6.45) is -4.35. The normalized spacial score (nSPS) is 12.9. The largest absolute Gasteiger partial charge is 0.495 e. The van der Waals surface area contributed by atoms with Crippen LogP contribution < -0.4 is 15.8 Å². The van der Waals surface area contributed by atoms with Crippen LogP contribution in [-0.4, -0.2) is 19.3 Å². The highest BCUT2D eigenvalue weighted by molar-refractivity contribution is 5.89. The van der Waals surface area contributed by atoms with Crippen molar-refractivity contribution in [1.82, 2.24) is 0 Å². The molecule has 1 unspecified atom stereocenters. The van der Waals surface area contributed by atoms with Crippen LogP contribution >= 0.6 is 0 Å². The van der Waals surface area contributed by atoms with Gasteiger partial charge in [0.15, 0.2) is 0 Å². The van der Waals surface area contributed by atoms with Crippen molar-refractivity contribution < 1.29 is 22.7 Å². The number of methoxy groups -OCH3 is 1. The smallest absolute Gasteiger partial charge is 0.395 e. The van der Waals surface area contributed by atoms with Crippen LogP contribution in [0.1, 0.15) is 18.4 Å². The first-order valence-electron chi connectivity index (χ1n) is 5.06. The number of carbonyl (C=O) groups is 1. The molecule has 0 bridgehead atoms. The van der Waals surface area contributed by atoms with E-state index >= 15 is 0 Å². The SMILES string of the molecule is COc1ccc(C(C)C(F)(F)F)cc1NC(N)=O. The zero-order chi connectivity index (χ0) is 13.9. The Morgan fingerprint density at radius 3 is 2.50 bits per heavy atom. The van der Waals surface area contributed by atoms with Gasteiger partial charge in [0.25, 0.3) is 0 Å². The molecule has 7 heteroatoms. The maximum atomic E-state index is 12.6. The molecular formula is C11H13F3N2O2. The van der Waals surface area contributed by atoms with Gasteiger partial charge in [0.1, 0.15) is 5.75 Å². The number of hydrogen-bond donors (Lipinski definition) is 2.